The number of H-pyrrole nitrogens is 1. The Kier molecular flexibility index (Phi) is 4.45. The average molecular weight is 334 g/mol. The van der Waals surface area contributed by atoms with E-state index in [9.17, 15) is 19.5 Å². The van der Waals surface area contributed by atoms with Crippen LogP contribution in [-0.4, -0.2) is 47.5 Å². The molecule has 0 unspecified atom stereocenters. The molecule has 1 aromatic rings. The number of aliphatic carboxylic acids is 1. The Morgan fingerprint density at radius 1 is 1.29 bits per heavy atom. The van der Waals surface area contributed by atoms with Gasteiger partial charge in [0, 0.05) is 37.4 Å². The van der Waals surface area contributed by atoms with Crippen molar-refractivity contribution in [2.75, 3.05) is 19.8 Å². The van der Waals surface area contributed by atoms with Crippen LogP contribution in [0.4, 0.5) is 0 Å². The summed E-state index contributed by atoms with van der Waals surface area (Å²) in [5, 5.41) is 12.3. The number of hydrogen-bond donors (Lipinski definition) is 3. The second-order valence-electron chi connectivity index (χ2n) is 6.64. The van der Waals surface area contributed by atoms with Crippen LogP contribution in [0.25, 0.3) is 0 Å². The van der Waals surface area contributed by atoms with Gasteiger partial charge in [-0.05, 0) is 38.2 Å². The van der Waals surface area contributed by atoms with Crippen molar-refractivity contribution < 1.29 is 24.2 Å². The number of aromatic nitrogens is 1. The van der Waals surface area contributed by atoms with Crippen molar-refractivity contribution in [1.82, 2.24) is 10.3 Å². The van der Waals surface area contributed by atoms with Gasteiger partial charge in [-0.1, -0.05) is 0 Å². The number of amides is 1. The Hall–Kier alpha value is -2.15. The number of carbonyl (C=O) groups is 3. The molecule has 0 atom stereocenters. The lowest BCUT2D eigenvalue weighted by Gasteiger charge is -2.33. The molecule has 1 amide bonds. The maximum absolute atomic E-state index is 12.5. The third-order valence-corrected chi connectivity index (χ3v) is 5.16. The Morgan fingerprint density at radius 2 is 2.00 bits per heavy atom. The smallest absolute Gasteiger partial charge is 0.311 e. The molecule has 7 heteroatoms. The molecular weight excluding hydrogens is 312 g/mol. The van der Waals surface area contributed by atoms with Crippen molar-refractivity contribution in [3.8, 4) is 0 Å². The molecule has 24 heavy (non-hydrogen) atoms. The SMILES string of the molecule is Cc1c(C(=O)NCC2(C(=O)O)CCOCC2)[nH]c2c1C(=O)CCC2. The highest BCUT2D eigenvalue weighted by molar-refractivity contribution is 6.04. The molecule has 1 aliphatic heterocycles. The fourth-order valence-electron chi connectivity index (χ4n) is 3.57. The number of carbonyl (C=O) groups excluding carboxylic acids is 2. The monoisotopic (exact) mass is 334 g/mol. The van der Waals surface area contributed by atoms with Crippen LogP contribution in [0, 0.1) is 12.3 Å². The van der Waals surface area contributed by atoms with E-state index in [1.165, 1.54) is 0 Å². The van der Waals surface area contributed by atoms with Crippen LogP contribution in [0.2, 0.25) is 0 Å². The van der Waals surface area contributed by atoms with Gasteiger partial charge in [0.1, 0.15) is 5.69 Å². The maximum atomic E-state index is 12.5. The Morgan fingerprint density at radius 3 is 2.62 bits per heavy atom. The zero-order valence-electron chi connectivity index (χ0n) is 13.7. The highest BCUT2D eigenvalue weighted by Gasteiger charge is 2.40. The van der Waals surface area contributed by atoms with E-state index >= 15 is 0 Å². The fraction of sp³-hybridized carbons (Fsp3) is 0.588. The molecule has 0 bridgehead atoms. The first-order valence-corrected chi connectivity index (χ1v) is 8.28. The Labute approximate surface area is 139 Å². The number of hydrogen-bond acceptors (Lipinski definition) is 4. The zero-order chi connectivity index (χ0) is 17.3. The number of carboxylic acid groups (broad SMARTS) is 1. The molecule has 1 saturated heterocycles. The van der Waals surface area contributed by atoms with E-state index in [1.807, 2.05) is 0 Å². The van der Waals surface area contributed by atoms with Crippen LogP contribution in [0.1, 0.15) is 57.8 Å². The standard InChI is InChI=1S/C17H22N2O5/c1-10-13-11(3-2-4-12(13)20)19-14(10)15(21)18-9-17(16(22)23)5-7-24-8-6-17/h19H,2-9H2,1H3,(H,18,21)(H,22,23). The van der Waals surface area contributed by atoms with E-state index in [2.05, 4.69) is 10.3 Å². The van der Waals surface area contributed by atoms with Gasteiger partial charge in [0.15, 0.2) is 5.78 Å². The van der Waals surface area contributed by atoms with Gasteiger partial charge in [0.05, 0.1) is 5.41 Å². The highest BCUT2D eigenvalue weighted by Crippen LogP contribution is 2.31. The number of ketones is 1. The highest BCUT2D eigenvalue weighted by atomic mass is 16.5. The molecule has 0 aromatic carbocycles. The number of fused-ring (bicyclic) bond motifs is 1. The third-order valence-electron chi connectivity index (χ3n) is 5.16. The maximum Gasteiger partial charge on any atom is 0.311 e. The second-order valence-corrected chi connectivity index (χ2v) is 6.64. The summed E-state index contributed by atoms with van der Waals surface area (Å²) < 4.78 is 5.23. The topological polar surface area (TPSA) is 108 Å². The first kappa shape index (κ1) is 16.7. The van der Waals surface area contributed by atoms with Crippen molar-refractivity contribution in [3.05, 3.63) is 22.5 Å². The minimum absolute atomic E-state index is 0.0571. The second kappa shape index (κ2) is 6.39. The zero-order valence-corrected chi connectivity index (χ0v) is 13.7. The van der Waals surface area contributed by atoms with Gasteiger partial charge >= 0.3 is 5.97 Å². The van der Waals surface area contributed by atoms with Crippen LogP contribution < -0.4 is 5.32 Å². The lowest BCUT2D eigenvalue weighted by atomic mass is 9.80. The van der Waals surface area contributed by atoms with Crippen LogP contribution in [0.5, 0.6) is 0 Å². The van der Waals surface area contributed by atoms with Crippen LogP contribution in [0.3, 0.4) is 0 Å². The summed E-state index contributed by atoms with van der Waals surface area (Å²) in [7, 11) is 0. The molecule has 1 aromatic heterocycles. The molecule has 1 aliphatic carbocycles. The molecule has 1 fully saturated rings. The van der Waals surface area contributed by atoms with E-state index in [0.717, 1.165) is 18.5 Å². The van der Waals surface area contributed by atoms with E-state index in [0.29, 0.717) is 49.3 Å². The Bertz CT molecular complexity index is 685. The summed E-state index contributed by atoms with van der Waals surface area (Å²) in [6.07, 6.45) is 2.80. The van der Waals surface area contributed by atoms with Gasteiger partial charge in [0.25, 0.3) is 5.91 Å². The number of aryl methyl sites for hydroxylation is 1. The number of ether oxygens (including phenoxy) is 1. The lowest BCUT2D eigenvalue weighted by molar-refractivity contribution is -0.154. The minimum atomic E-state index is -0.982. The first-order valence-electron chi connectivity index (χ1n) is 8.28. The van der Waals surface area contributed by atoms with E-state index in [4.69, 9.17) is 4.74 Å². The molecular formula is C17H22N2O5. The fourth-order valence-corrected chi connectivity index (χ4v) is 3.57. The van der Waals surface area contributed by atoms with Gasteiger partial charge in [-0.15, -0.1) is 0 Å². The Balaban J connectivity index is 1.76. The van der Waals surface area contributed by atoms with Gasteiger partial charge in [-0.2, -0.15) is 0 Å². The van der Waals surface area contributed by atoms with E-state index in [1.54, 1.807) is 6.92 Å². The third kappa shape index (κ3) is 2.84. The largest absolute Gasteiger partial charge is 0.481 e. The number of rotatable bonds is 4. The summed E-state index contributed by atoms with van der Waals surface area (Å²) >= 11 is 0. The molecule has 3 N–H and O–H groups in total. The predicted molar refractivity (Wildman–Crippen MR) is 85.3 cm³/mol. The summed E-state index contributed by atoms with van der Waals surface area (Å²) in [6, 6.07) is 0. The average Bonchev–Trinajstić information content (AvgIpc) is 2.91. The lowest BCUT2D eigenvalue weighted by Crippen LogP contribution is -2.46. The van der Waals surface area contributed by atoms with Crippen molar-refractivity contribution in [3.63, 3.8) is 0 Å². The van der Waals surface area contributed by atoms with Gasteiger partial charge in [-0.3, -0.25) is 14.4 Å². The molecule has 3 rings (SSSR count). The van der Waals surface area contributed by atoms with Gasteiger partial charge in [0.2, 0.25) is 0 Å². The number of Topliss-reactive ketones (excluding diaryl/α,β-unsaturated/α-hetero) is 1. The molecule has 130 valence electrons. The van der Waals surface area contributed by atoms with Crippen LogP contribution in [-0.2, 0) is 16.0 Å². The van der Waals surface area contributed by atoms with Gasteiger partial charge < -0.3 is 20.1 Å². The quantitative estimate of drug-likeness (QED) is 0.772. The van der Waals surface area contributed by atoms with Crippen LogP contribution in [0.15, 0.2) is 0 Å². The summed E-state index contributed by atoms with van der Waals surface area (Å²) in [6.45, 7) is 2.58. The molecule has 0 spiro atoms. The van der Waals surface area contributed by atoms with Gasteiger partial charge in [-0.25, -0.2) is 0 Å². The first-order chi connectivity index (χ1) is 11.4. The predicted octanol–water partition coefficient (Wildman–Crippen LogP) is 1.45. The normalized spacial score (nSPS) is 19.6. The molecule has 0 saturated carbocycles. The number of carboxylic acids is 1. The number of aromatic amines is 1. The number of nitrogens with one attached hydrogen (secondary N) is 2. The summed E-state index contributed by atoms with van der Waals surface area (Å²) in [4.78, 5) is 39.3. The van der Waals surface area contributed by atoms with E-state index < -0.39 is 11.4 Å². The molecule has 2 aliphatic rings. The van der Waals surface area contributed by atoms with Crippen molar-refractivity contribution in [1.29, 1.82) is 0 Å². The van der Waals surface area contributed by atoms with Crippen molar-refractivity contribution in [2.24, 2.45) is 5.41 Å². The molecule has 7 nitrogen and oxygen atoms in total. The van der Waals surface area contributed by atoms with Crippen molar-refractivity contribution >= 4 is 17.7 Å². The van der Waals surface area contributed by atoms with Crippen molar-refractivity contribution in [2.45, 2.75) is 39.0 Å². The summed E-state index contributed by atoms with van der Waals surface area (Å²) in [5.41, 5.74) is 1.48. The summed E-state index contributed by atoms with van der Waals surface area (Å²) in [5.74, 6) is -1.21. The minimum Gasteiger partial charge on any atom is -0.481 e. The van der Waals surface area contributed by atoms with Crippen LogP contribution >= 0.6 is 0 Å². The molecule has 2 heterocycles. The van der Waals surface area contributed by atoms with E-state index in [-0.39, 0.29) is 18.2 Å². The molecule has 0 radical (unpaired) electrons.